The van der Waals surface area contributed by atoms with Gasteiger partial charge in [0, 0.05) is 16.1 Å². The predicted octanol–water partition coefficient (Wildman–Crippen LogP) is 6.81. The normalized spacial score (nSPS) is 12.9. The van der Waals surface area contributed by atoms with Gasteiger partial charge >= 0.3 is 5.97 Å². The van der Waals surface area contributed by atoms with E-state index in [0.717, 1.165) is 58.0 Å². The number of thiazole rings is 1. The van der Waals surface area contributed by atoms with Crippen LogP contribution >= 0.6 is 34.9 Å². The van der Waals surface area contributed by atoms with Gasteiger partial charge in [0.25, 0.3) is 0 Å². The molecular formula is C25H23N3O2S3. The van der Waals surface area contributed by atoms with Gasteiger partial charge in [-0.1, -0.05) is 6.07 Å². The van der Waals surface area contributed by atoms with Gasteiger partial charge in [-0.3, -0.25) is 0 Å². The number of carbonyl (C=O) groups is 1. The molecule has 0 radical (unpaired) electrons. The molecule has 0 atom stereocenters. The first-order valence-electron chi connectivity index (χ1n) is 10.8. The second kappa shape index (κ2) is 9.21. The average Bonchev–Trinajstić information content (AvgIpc) is 3.39. The number of nitrogens with one attached hydrogen (secondary N) is 2. The summed E-state index contributed by atoms with van der Waals surface area (Å²) in [6.07, 6.45) is 4.15. The van der Waals surface area contributed by atoms with E-state index in [9.17, 15) is 4.79 Å². The van der Waals surface area contributed by atoms with E-state index >= 15 is 0 Å². The molecule has 8 heteroatoms. The molecule has 2 N–H and O–H groups in total. The number of anilines is 2. The zero-order valence-corrected chi connectivity index (χ0v) is 20.8. The molecule has 0 spiro atoms. The Balaban J connectivity index is 1.31. The lowest BCUT2D eigenvalue weighted by Gasteiger charge is -2.12. The van der Waals surface area contributed by atoms with Crippen LogP contribution in [0.2, 0.25) is 0 Å². The van der Waals surface area contributed by atoms with Crippen molar-refractivity contribution in [1.82, 2.24) is 4.98 Å². The number of hydrogen-bond acceptors (Lipinski definition) is 6. The van der Waals surface area contributed by atoms with Gasteiger partial charge in [0.2, 0.25) is 0 Å². The fourth-order valence-corrected chi connectivity index (χ4v) is 6.72. The molecule has 5 nitrogen and oxygen atoms in total. The lowest BCUT2D eigenvalue weighted by molar-refractivity contribution is 0.0601. The molecule has 2 aromatic heterocycles. The number of thiocarbonyl (C=S) groups is 1. The first-order chi connectivity index (χ1) is 16.0. The third-order valence-corrected chi connectivity index (χ3v) is 8.20. The highest BCUT2D eigenvalue weighted by molar-refractivity contribution is 7.80. The Hall–Kier alpha value is -2.81. The van der Waals surface area contributed by atoms with Crippen LogP contribution in [-0.2, 0) is 17.6 Å². The van der Waals surface area contributed by atoms with E-state index in [4.69, 9.17) is 21.9 Å². The minimum atomic E-state index is -0.310. The average molecular weight is 494 g/mol. The summed E-state index contributed by atoms with van der Waals surface area (Å²) in [5, 5.41) is 8.65. The molecule has 0 aliphatic heterocycles. The first-order valence-corrected chi connectivity index (χ1v) is 12.8. The van der Waals surface area contributed by atoms with E-state index in [-0.39, 0.29) is 5.97 Å². The zero-order chi connectivity index (χ0) is 22.9. The Bertz CT molecular complexity index is 1360. The smallest absolute Gasteiger partial charge is 0.341 e. The number of nitrogens with zero attached hydrogens (tertiary/aromatic N) is 1. The Morgan fingerprint density at radius 3 is 2.64 bits per heavy atom. The number of ether oxygens (including phenoxy) is 1. The van der Waals surface area contributed by atoms with Crippen molar-refractivity contribution in [3.05, 3.63) is 64.0 Å². The number of benzene rings is 2. The highest BCUT2D eigenvalue weighted by Crippen LogP contribution is 2.38. The second-order valence-corrected chi connectivity index (χ2v) is 10.6. The topological polar surface area (TPSA) is 63.2 Å². The molecule has 168 valence electrons. The molecule has 2 aromatic carbocycles. The van der Waals surface area contributed by atoms with Gasteiger partial charge in [-0.25, -0.2) is 9.78 Å². The van der Waals surface area contributed by atoms with Gasteiger partial charge in [-0.15, -0.1) is 22.7 Å². The maximum atomic E-state index is 12.4. The number of hydrogen-bond donors (Lipinski definition) is 2. The fraction of sp³-hybridized carbons (Fsp3) is 0.240. The number of rotatable bonds is 4. The predicted molar refractivity (Wildman–Crippen MR) is 142 cm³/mol. The largest absolute Gasteiger partial charge is 0.465 e. The minimum Gasteiger partial charge on any atom is -0.465 e. The van der Waals surface area contributed by atoms with Gasteiger partial charge in [-0.2, -0.15) is 0 Å². The Kier molecular flexibility index (Phi) is 6.14. The van der Waals surface area contributed by atoms with Gasteiger partial charge < -0.3 is 15.4 Å². The Morgan fingerprint density at radius 1 is 1.06 bits per heavy atom. The molecule has 4 aromatic rings. The summed E-state index contributed by atoms with van der Waals surface area (Å²) in [6, 6.07) is 14.4. The third-order valence-electron chi connectivity index (χ3n) is 5.72. The third kappa shape index (κ3) is 4.51. The van der Waals surface area contributed by atoms with E-state index in [1.54, 1.807) is 22.7 Å². The SMILES string of the molecule is COC(=O)c1c(NC(=S)Nc2ccc(-c3nc4ccc(C)cc4s3)cc2)sc2c1CCCC2. The summed E-state index contributed by atoms with van der Waals surface area (Å²) < 4.78 is 6.24. The molecule has 0 saturated carbocycles. The molecule has 0 unspecified atom stereocenters. The van der Waals surface area contributed by atoms with Gasteiger partial charge in [-0.05, 0) is 92.4 Å². The Morgan fingerprint density at radius 2 is 1.85 bits per heavy atom. The molecule has 0 saturated heterocycles. The van der Waals surface area contributed by atoms with Crippen molar-refractivity contribution < 1.29 is 9.53 Å². The van der Waals surface area contributed by atoms with Crippen LogP contribution < -0.4 is 10.6 Å². The van der Waals surface area contributed by atoms with E-state index in [2.05, 4.69) is 35.8 Å². The number of carbonyl (C=O) groups excluding carboxylic acids is 1. The minimum absolute atomic E-state index is 0.310. The maximum absolute atomic E-state index is 12.4. The summed E-state index contributed by atoms with van der Waals surface area (Å²) >= 11 is 8.84. The number of aromatic nitrogens is 1. The number of esters is 1. The quantitative estimate of drug-likeness (QED) is 0.241. The highest BCUT2D eigenvalue weighted by atomic mass is 32.1. The molecule has 1 aliphatic carbocycles. The van der Waals surface area contributed by atoms with Crippen molar-refractivity contribution >= 4 is 66.9 Å². The first kappa shape index (κ1) is 22.0. The van der Waals surface area contributed by atoms with E-state index < -0.39 is 0 Å². The van der Waals surface area contributed by atoms with Crippen LogP contribution in [0.1, 0.15) is 39.2 Å². The van der Waals surface area contributed by atoms with E-state index in [0.29, 0.717) is 10.7 Å². The second-order valence-electron chi connectivity index (χ2n) is 8.05. The van der Waals surface area contributed by atoms with Crippen molar-refractivity contribution in [2.45, 2.75) is 32.6 Å². The van der Waals surface area contributed by atoms with E-state index in [1.807, 2.05) is 24.3 Å². The van der Waals surface area contributed by atoms with Crippen LogP contribution in [-0.4, -0.2) is 23.2 Å². The summed E-state index contributed by atoms with van der Waals surface area (Å²) in [4.78, 5) is 18.4. The lowest BCUT2D eigenvalue weighted by atomic mass is 9.95. The van der Waals surface area contributed by atoms with Crippen molar-refractivity contribution in [3.63, 3.8) is 0 Å². The van der Waals surface area contributed by atoms with Crippen LogP contribution in [0.4, 0.5) is 10.7 Å². The van der Waals surface area contributed by atoms with Crippen LogP contribution in [0.15, 0.2) is 42.5 Å². The van der Waals surface area contributed by atoms with Crippen molar-refractivity contribution in [2.24, 2.45) is 0 Å². The number of fused-ring (bicyclic) bond motifs is 2. The molecule has 0 amide bonds. The molecule has 0 fully saturated rings. The van der Waals surface area contributed by atoms with Gasteiger partial charge in [0.05, 0.1) is 22.9 Å². The van der Waals surface area contributed by atoms with Crippen molar-refractivity contribution in [2.75, 3.05) is 17.7 Å². The molecule has 5 rings (SSSR count). The zero-order valence-electron chi connectivity index (χ0n) is 18.4. The van der Waals surface area contributed by atoms with Crippen LogP contribution in [0, 0.1) is 6.92 Å². The van der Waals surface area contributed by atoms with Crippen LogP contribution in [0.5, 0.6) is 0 Å². The summed E-state index contributed by atoms with van der Waals surface area (Å²) in [5.41, 5.74) is 5.93. The summed E-state index contributed by atoms with van der Waals surface area (Å²) in [6.45, 7) is 2.09. The number of methoxy groups -OCH3 is 1. The summed E-state index contributed by atoms with van der Waals surface area (Å²) in [5.74, 6) is -0.310. The maximum Gasteiger partial charge on any atom is 0.341 e. The highest BCUT2D eigenvalue weighted by Gasteiger charge is 2.26. The monoisotopic (exact) mass is 493 g/mol. The van der Waals surface area contributed by atoms with Gasteiger partial charge in [0.15, 0.2) is 5.11 Å². The van der Waals surface area contributed by atoms with Crippen molar-refractivity contribution in [3.8, 4) is 10.6 Å². The molecule has 1 aliphatic rings. The van der Waals surface area contributed by atoms with Crippen LogP contribution in [0.3, 0.4) is 0 Å². The molecular weight excluding hydrogens is 470 g/mol. The Labute approximate surface area is 205 Å². The molecule has 33 heavy (non-hydrogen) atoms. The van der Waals surface area contributed by atoms with E-state index in [1.165, 1.54) is 22.3 Å². The van der Waals surface area contributed by atoms with Gasteiger partial charge in [0.1, 0.15) is 10.0 Å². The molecule has 0 bridgehead atoms. The standard InChI is InChI=1S/C25H23N3O2S3/c1-14-7-12-18-20(13-14)33-22(27-18)15-8-10-16(11-9-15)26-25(31)28-23-21(24(29)30-2)17-5-3-4-6-19(17)32-23/h7-13H,3-6H2,1-2H3,(H2,26,28,31). The summed E-state index contributed by atoms with van der Waals surface area (Å²) in [7, 11) is 1.42. The molecule has 2 heterocycles. The van der Waals surface area contributed by atoms with Crippen molar-refractivity contribution in [1.29, 1.82) is 0 Å². The lowest BCUT2D eigenvalue weighted by Crippen LogP contribution is -2.20. The number of aryl methyl sites for hydroxylation is 2. The fourth-order valence-electron chi connectivity index (χ4n) is 4.09. The number of thiophene rings is 1. The van der Waals surface area contributed by atoms with Crippen LogP contribution in [0.25, 0.3) is 20.8 Å².